The summed E-state index contributed by atoms with van der Waals surface area (Å²) in [5.74, 6) is -0.477. The number of nitrogens with zero attached hydrogens (tertiary/aromatic N) is 1. The van der Waals surface area contributed by atoms with Crippen LogP contribution < -0.4 is 4.74 Å². The van der Waals surface area contributed by atoms with Crippen molar-refractivity contribution in [3.8, 4) is 5.75 Å². The van der Waals surface area contributed by atoms with Gasteiger partial charge in [-0.15, -0.1) is 0 Å². The minimum atomic E-state index is -3.13. The molecule has 1 aliphatic rings. The van der Waals surface area contributed by atoms with Gasteiger partial charge in [-0.25, -0.2) is 13.2 Å². The topological polar surface area (TPSA) is 90.0 Å². The van der Waals surface area contributed by atoms with E-state index in [9.17, 15) is 18.0 Å². The van der Waals surface area contributed by atoms with Crippen molar-refractivity contribution in [2.24, 2.45) is 5.92 Å². The number of rotatable bonds is 8. The number of amides is 1. The SMILES string of the molecule is CC(C)CN(C(=O)COC(=O)C(C)(C)Oc1ccc(Cl)cc1)[C@H]1CCS(=O)(=O)C1. The molecule has 1 atom stereocenters. The fourth-order valence-electron chi connectivity index (χ4n) is 3.09. The Kier molecular flexibility index (Phi) is 7.56. The number of benzene rings is 1. The lowest BCUT2D eigenvalue weighted by Crippen LogP contribution is -2.47. The van der Waals surface area contributed by atoms with Gasteiger partial charge in [0.05, 0.1) is 11.5 Å². The molecule has 0 bridgehead atoms. The molecule has 2 rings (SSSR count). The third-order valence-electron chi connectivity index (χ3n) is 4.54. The van der Waals surface area contributed by atoms with E-state index in [-0.39, 0.29) is 23.5 Å². The predicted molar refractivity (Wildman–Crippen MR) is 111 cm³/mol. The first kappa shape index (κ1) is 23.5. The smallest absolute Gasteiger partial charge is 0.350 e. The van der Waals surface area contributed by atoms with Crippen LogP contribution in [0.1, 0.15) is 34.1 Å². The van der Waals surface area contributed by atoms with Crippen LogP contribution in [0.3, 0.4) is 0 Å². The zero-order valence-corrected chi connectivity index (χ0v) is 18.8. The normalized spacial score (nSPS) is 18.5. The lowest BCUT2D eigenvalue weighted by atomic mass is 10.1. The molecule has 0 spiro atoms. The first-order valence-corrected chi connectivity index (χ1v) is 11.7. The maximum Gasteiger partial charge on any atom is 0.350 e. The van der Waals surface area contributed by atoms with Crippen LogP contribution in [0, 0.1) is 5.92 Å². The highest BCUT2D eigenvalue weighted by Gasteiger charge is 2.37. The second kappa shape index (κ2) is 9.34. The van der Waals surface area contributed by atoms with Gasteiger partial charge in [0, 0.05) is 17.6 Å². The van der Waals surface area contributed by atoms with Crippen molar-refractivity contribution >= 4 is 33.3 Å². The fraction of sp³-hybridized carbons (Fsp3) is 0.600. The molecule has 1 saturated heterocycles. The van der Waals surface area contributed by atoms with Crippen molar-refractivity contribution in [2.45, 2.75) is 45.8 Å². The summed E-state index contributed by atoms with van der Waals surface area (Å²) in [6.07, 6.45) is 0.403. The van der Waals surface area contributed by atoms with E-state index in [4.69, 9.17) is 21.1 Å². The number of halogens is 1. The van der Waals surface area contributed by atoms with Crippen molar-refractivity contribution < 1.29 is 27.5 Å². The maximum atomic E-state index is 12.7. The summed E-state index contributed by atoms with van der Waals surface area (Å²) < 4.78 is 34.5. The molecule has 0 aliphatic carbocycles. The van der Waals surface area contributed by atoms with Crippen LogP contribution in [0.15, 0.2) is 24.3 Å². The molecule has 0 N–H and O–H groups in total. The first-order valence-electron chi connectivity index (χ1n) is 9.51. The van der Waals surface area contributed by atoms with Gasteiger partial charge >= 0.3 is 5.97 Å². The number of sulfone groups is 1. The zero-order valence-electron chi connectivity index (χ0n) is 17.2. The lowest BCUT2D eigenvalue weighted by molar-refractivity contribution is -0.164. The number of hydrogen-bond acceptors (Lipinski definition) is 6. The number of carbonyl (C=O) groups excluding carboxylic acids is 2. The van der Waals surface area contributed by atoms with E-state index >= 15 is 0 Å². The molecule has 0 aromatic heterocycles. The van der Waals surface area contributed by atoms with E-state index < -0.39 is 33.9 Å². The predicted octanol–water partition coefficient (Wildman–Crippen LogP) is 2.71. The summed E-state index contributed by atoms with van der Waals surface area (Å²) in [6, 6.07) is 6.16. The highest BCUT2D eigenvalue weighted by atomic mass is 35.5. The minimum Gasteiger partial charge on any atom is -0.476 e. The Balaban J connectivity index is 1.98. The van der Waals surface area contributed by atoms with Gasteiger partial charge in [0.2, 0.25) is 0 Å². The Morgan fingerprint density at radius 2 is 1.86 bits per heavy atom. The van der Waals surface area contributed by atoms with Gasteiger partial charge in [-0.3, -0.25) is 4.79 Å². The second-order valence-corrected chi connectivity index (χ2v) is 10.8. The average Bonchev–Trinajstić information content (AvgIpc) is 2.98. The summed E-state index contributed by atoms with van der Waals surface area (Å²) in [5.41, 5.74) is -1.31. The minimum absolute atomic E-state index is 0.0510. The number of carbonyl (C=O) groups is 2. The van der Waals surface area contributed by atoms with Crippen LogP contribution in [0.4, 0.5) is 0 Å². The number of hydrogen-bond donors (Lipinski definition) is 0. The first-order chi connectivity index (χ1) is 13.4. The van der Waals surface area contributed by atoms with Crippen molar-refractivity contribution in [1.29, 1.82) is 0 Å². The van der Waals surface area contributed by atoms with Crippen LogP contribution in [0.25, 0.3) is 0 Å². The lowest BCUT2D eigenvalue weighted by Gasteiger charge is -2.30. The molecule has 1 aliphatic heterocycles. The molecule has 9 heteroatoms. The quantitative estimate of drug-likeness (QED) is 0.571. The summed E-state index contributed by atoms with van der Waals surface area (Å²) in [7, 11) is -3.13. The zero-order chi connectivity index (χ0) is 21.8. The third kappa shape index (κ3) is 6.89. The van der Waals surface area contributed by atoms with Gasteiger partial charge in [-0.2, -0.15) is 0 Å². The molecule has 0 unspecified atom stereocenters. The van der Waals surface area contributed by atoms with E-state index in [2.05, 4.69) is 0 Å². The van der Waals surface area contributed by atoms with Crippen LogP contribution in [-0.2, 0) is 24.2 Å². The Morgan fingerprint density at radius 3 is 2.38 bits per heavy atom. The Morgan fingerprint density at radius 1 is 1.24 bits per heavy atom. The van der Waals surface area contributed by atoms with Gasteiger partial charge in [0.1, 0.15) is 5.75 Å². The maximum absolute atomic E-state index is 12.7. The van der Waals surface area contributed by atoms with Gasteiger partial charge in [-0.1, -0.05) is 25.4 Å². The van der Waals surface area contributed by atoms with Gasteiger partial charge in [0.15, 0.2) is 22.0 Å². The molecule has 1 amide bonds. The average molecular weight is 446 g/mol. The van der Waals surface area contributed by atoms with Crippen molar-refractivity contribution in [3.05, 3.63) is 29.3 Å². The van der Waals surface area contributed by atoms with Crippen molar-refractivity contribution in [2.75, 3.05) is 24.7 Å². The number of esters is 1. The molecule has 1 aromatic rings. The van der Waals surface area contributed by atoms with Crippen LogP contribution >= 0.6 is 11.6 Å². The molecule has 0 radical (unpaired) electrons. The molecule has 29 heavy (non-hydrogen) atoms. The van der Waals surface area contributed by atoms with Gasteiger partial charge in [-0.05, 0) is 50.5 Å². The van der Waals surface area contributed by atoms with E-state index in [1.54, 1.807) is 38.1 Å². The fourth-order valence-corrected chi connectivity index (χ4v) is 4.95. The summed E-state index contributed by atoms with van der Waals surface area (Å²) in [6.45, 7) is 6.92. The van der Waals surface area contributed by atoms with E-state index in [1.807, 2.05) is 13.8 Å². The Bertz CT molecular complexity index is 835. The Labute approximate surface area is 177 Å². The molecule has 1 aromatic carbocycles. The summed E-state index contributed by atoms with van der Waals surface area (Å²) >= 11 is 5.84. The van der Waals surface area contributed by atoms with Crippen LogP contribution in [-0.4, -0.2) is 61.5 Å². The number of ether oxygens (including phenoxy) is 2. The standard InChI is InChI=1S/C20H28ClNO6S/c1-14(2)11-22(16-9-10-29(25,26)13-16)18(23)12-27-19(24)20(3,4)28-17-7-5-15(21)6-8-17/h5-8,14,16H,9-13H2,1-4H3/t16-/m0/s1. The molecule has 7 nitrogen and oxygen atoms in total. The Hall–Kier alpha value is -1.80. The molecule has 0 saturated carbocycles. The second-order valence-electron chi connectivity index (χ2n) is 8.14. The highest BCUT2D eigenvalue weighted by molar-refractivity contribution is 7.91. The third-order valence-corrected chi connectivity index (χ3v) is 6.54. The largest absolute Gasteiger partial charge is 0.476 e. The van der Waals surface area contributed by atoms with Gasteiger partial charge in [0.25, 0.3) is 5.91 Å². The van der Waals surface area contributed by atoms with Crippen molar-refractivity contribution in [1.82, 2.24) is 4.90 Å². The molecule has 1 heterocycles. The van der Waals surface area contributed by atoms with Crippen LogP contribution in [0.5, 0.6) is 5.75 Å². The van der Waals surface area contributed by atoms with E-state index in [0.717, 1.165) is 0 Å². The molecular formula is C20H28ClNO6S. The molecule has 162 valence electrons. The monoisotopic (exact) mass is 445 g/mol. The van der Waals surface area contributed by atoms with Crippen molar-refractivity contribution in [3.63, 3.8) is 0 Å². The summed E-state index contributed by atoms with van der Waals surface area (Å²) in [5, 5.41) is 0.544. The molecule has 1 fully saturated rings. The van der Waals surface area contributed by atoms with E-state index in [0.29, 0.717) is 23.7 Å². The van der Waals surface area contributed by atoms with Crippen LogP contribution in [0.2, 0.25) is 5.02 Å². The van der Waals surface area contributed by atoms with Gasteiger partial charge < -0.3 is 14.4 Å². The van der Waals surface area contributed by atoms with E-state index in [1.165, 1.54) is 4.90 Å². The summed E-state index contributed by atoms with van der Waals surface area (Å²) in [4.78, 5) is 26.7. The highest BCUT2D eigenvalue weighted by Crippen LogP contribution is 2.22. The molecular weight excluding hydrogens is 418 g/mol.